The molecule has 0 saturated carbocycles. The van der Waals surface area contributed by atoms with Gasteiger partial charge in [0.2, 0.25) is 0 Å². The van der Waals surface area contributed by atoms with Crippen LogP contribution in [-0.2, 0) is 0 Å². The maximum absolute atomic E-state index is 12.0. The first-order valence-corrected chi connectivity index (χ1v) is 5.97. The van der Waals surface area contributed by atoms with Gasteiger partial charge in [-0.25, -0.2) is 0 Å². The maximum Gasteiger partial charge on any atom is 0.287 e. The Morgan fingerprint density at radius 2 is 1.88 bits per heavy atom. The summed E-state index contributed by atoms with van der Waals surface area (Å²) in [5.74, 6) is 0.272. The van der Waals surface area contributed by atoms with Gasteiger partial charge in [0.15, 0.2) is 5.76 Å². The second-order valence-corrected chi connectivity index (χ2v) is 6.51. The zero-order valence-electron chi connectivity index (χ0n) is 11.7. The van der Waals surface area contributed by atoms with E-state index in [0.29, 0.717) is 5.76 Å². The van der Waals surface area contributed by atoms with Crippen LogP contribution in [0.15, 0.2) is 16.7 Å². The molecule has 0 atom stereocenters. The van der Waals surface area contributed by atoms with Crippen molar-refractivity contribution in [3.05, 3.63) is 23.7 Å². The summed E-state index contributed by atoms with van der Waals surface area (Å²) in [6.07, 6.45) is 2.45. The van der Waals surface area contributed by atoms with E-state index < -0.39 is 0 Å². The summed E-state index contributed by atoms with van der Waals surface area (Å²) >= 11 is 0. The van der Waals surface area contributed by atoms with Crippen molar-refractivity contribution in [3.8, 4) is 0 Å². The third kappa shape index (κ3) is 4.25. The van der Waals surface area contributed by atoms with E-state index >= 15 is 0 Å². The van der Waals surface area contributed by atoms with Crippen LogP contribution in [0.2, 0.25) is 0 Å². The van der Waals surface area contributed by atoms with E-state index in [-0.39, 0.29) is 16.9 Å². The van der Waals surface area contributed by atoms with Gasteiger partial charge in [0.25, 0.3) is 5.91 Å². The van der Waals surface area contributed by atoms with Crippen molar-refractivity contribution in [2.45, 2.75) is 53.5 Å². The molecule has 3 nitrogen and oxygen atoms in total. The largest absolute Gasteiger partial charge is 0.459 e. The van der Waals surface area contributed by atoms with Gasteiger partial charge < -0.3 is 9.73 Å². The molecule has 3 heteroatoms. The Morgan fingerprint density at radius 3 is 2.29 bits per heavy atom. The highest BCUT2D eigenvalue weighted by molar-refractivity contribution is 5.93. The lowest BCUT2D eigenvalue weighted by atomic mass is 9.82. The molecular formula is C14H23NO2. The van der Waals surface area contributed by atoms with Crippen LogP contribution in [0.4, 0.5) is 0 Å². The van der Waals surface area contributed by atoms with Gasteiger partial charge in [0.05, 0.1) is 6.26 Å². The minimum atomic E-state index is -0.242. The summed E-state index contributed by atoms with van der Waals surface area (Å²) in [7, 11) is 0. The lowest BCUT2D eigenvalue weighted by Crippen LogP contribution is -2.45. The number of nitrogens with one attached hydrogen (secondary N) is 1. The molecule has 1 amide bonds. The first kappa shape index (κ1) is 13.8. The van der Waals surface area contributed by atoms with E-state index in [0.717, 1.165) is 12.0 Å². The summed E-state index contributed by atoms with van der Waals surface area (Å²) in [6.45, 7) is 12.4. The van der Waals surface area contributed by atoms with Crippen molar-refractivity contribution in [2.75, 3.05) is 0 Å². The fourth-order valence-corrected chi connectivity index (χ4v) is 2.34. The Bertz CT molecular complexity index is 397. The first-order valence-electron chi connectivity index (χ1n) is 5.97. The van der Waals surface area contributed by atoms with Crippen LogP contribution in [0, 0.1) is 12.3 Å². The second kappa shape index (κ2) is 4.55. The van der Waals surface area contributed by atoms with E-state index in [2.05, 4.69) is 26.1 Å². The van der Waals surface area contributed by atoms with Crippen molar-refractivity contribution in [1.29, 1.82) is 0 Å². The number of rotatable bonds is 3. The van der Waals surface area contributed by atoms with Crippen LogP contribution in [0.3, 0.4) is 0 Å². The number of carbonyl (C=O) groups excluding carboxylic acids is 1. The van der Waals surface area contributed by atoms with Crippen molar-refractivity contribution < 1.29 is 9.21 Å². The van der Waals surface area contributed by atoms with Crippen LogP contribution in [0.1, 0.15) is 57.2 Å². The molecule has 1 heterocycles. The molecule has 1 aromatic heterocycles. The van der Waals surface area contributed by atoms with Gasteiger partial charge in [0, 0.05) is 11.1 Å². The predicted molar refractivity (Wildman–Crippen MR) is 69.1 cm³/mol. The Kier molecular flexibility index (Phi) is 3.70. The topological polar surface area (TPSA) is 42.2 Å². The molecule has 0 radical (unpaired) electrons. The van der Waals surface area contributed by atoms with Crippen molar-refractivity contribution in [1.82, 2.24) is 5.32 Å². The Balaban J connectivity index is 2.72. The zero-order chi connectivity index (χ0) is 13.3. The average Bonchev–Trinajstić information content (AvgIpc) is 2.44. The van der Waals surface area contributed by atoms with Crippen LogP contribution in [-0.4, -0.2) is 11.4 Å². The summed E-state index contributed by atoms with van der Waals surface area (Å²) in [4.78, 5) is 12.0. The number of carbonyl (C=O) groups is 1. The molecule has 0 aliphatic heterocycles. The normalized spacial score (nSPS) is 12.6. The molecule has 0 fully saturated rings. The molecule has 1 aromatic rings. The molecule has 0 aliphatic carbocycles. The minimum Gasteiger partial charge on any atom is -0.459 e. The van der Waals surface area contributed by atoms with Crippen molar-refractivity contribution in [3.63, 3.8) is 0 Å². The van der Waals surface area contributed by atoms with Gasteiger partial charge in [-0.05, 0) is 38.7 Å². The molecule has 0 spiro atoms. The minimum absolute atomic E-state index is 0.137. The molecule has 17 heavy (non-hydrogen) atoms. The monoisotopic (exact) mass is 237 g/mol. The second-order valence-electron chi connectivity index (χ2n) is 6.51. The molecule has 0 aliphatic rings. The van der Waals surface area contributed by atoms with Gasteiger partial charge in [-0.15, -0.1) is 0 Å². The molecule has 0 saturated heterocycles. The zero-order valence-corrected chi connectivity index (χ0v) is 11.7. The SMILES string of the molecule is Cc1ccoc1C(=O)NC(C)(C)CC(C)(C)C. The lowest BCUT2D eigenvalue weighted by Gasteiger charge is -2.33. The highest BCUT2D eigenvalue weighted by atomic mass is 16.3. The molecule has 0 unspecified atom stereocenters. The first-order chi connectivity index (χ1) is 7.61. The number of hydrogen-bond acceptors (Lipinski definition) is 2. The quantitative estimate of drug-likeness (QED) is 0.873. The molecule has 1 N–H and O–H groups in total. The molecular weight excluding hydrogens is 214 g/mol. The Morgan fingerprint density at radius 1 is 1.29 bits per heavy atom. The van der Waals surface area contributed by atoms with Gasteiger partial charge in [-0.3, -0.25) is 4.79 Å². The van der Waals surface area contributed by atoms with E-state index in [1.54, 1.807) is 12.3 Å². The third-order valence-electron chi connectivity index (χ3n) is 2.49. The predicted octanol–water partition coefficient (Wildman–Crippen LogP) is 3.53. The van der Waals surface area contributed by atoms with E-state index in [9.17, 15) is 4.79 Å². The summed E-state index contributed by atoms with van der Waals surface area (Å²) < 4.78 is 5.19. The van der Waals surface area contributed by atoms with Crippen LogP contribution < -0.4 is 5.32 Å². The van der Waals surface area contributed by atoms with Crippen LogP contribution in [0.25, 0.3) is 0 Å². The summed E-state index contributed by atoms with van der Waals surface area (Å²) in [6, 6.07) is 1.80. The number of aryl methyl sites for hydroxylation is 1. The van der Waals surface area contributed by atoms with Crippen LogP contribution in [0.5, 0.6) is 0 Å². The van der Waals surface area contributed by atoms with Gasteiger partial charge in [-0.2, -0.15) is 0 Å². The van der Waals surface area contributed by atoms with E-state index in [1.807, 2.05) is 20.8 Å². The standard InChI is InChI=1S/C14H23NO2/c1-10-7-8-17-11(10)12(16)15-14(5,6)9-13(2,3)4/h7-8H,9H2,1-6H3,(H,15,16). The molecule has 0 aromatic carbocycles. The molecule has 96 valence electrons. The van der Waals surface area contributed by atoms with E-state index in [1.165, 1.54) is 0 Å². The summed E-state index contributed by atoms with van der Waals surface area (Å²) in [5.41, 5.74) is 0.804. The number of furan rings is 1. The third-order valence-corrected chi connectivity index (χ3v) is 2.49. The molecule has 0 bridgehead atoms. The fraction of sp³-hybridized carbons (Fsp3) is 0.643. The fourth-order valence-electron chi connectivity index (χ4n) is 2.34. The van der Waals surface area contributed by atoms with E-state index in [4.69, 9.17) is 4.42 Å². The van der Waals surface area contributed by atoms with Gasteiger partial charge in [-0.1, -0.05) is 20.8 Å². The number of amides is 1. The highest BCUT2D eigenvalue weighted by Gasteiger charge is 2.28. The smallest absolute Gasteiger partial charge is 0.287 e. The highest BCUT2D eigenvalue weighted by Crippen LogP contribution is 2.27. The Hall–Kier alpha value is -1.25. The average molecular weight is 237 g/mol. The van der Waals surface area contributed by atoms with Crippen molar-refractivity contribution >= 4 is 5.91 Å². The summed E-state index contributed by atoms with van der Waals surface area (Å²) in [5, 5.41) is 3.02. The molecule has 1 rings (SSSR count). The lowest BCUT2D eigenvalue weighted by molar-refractivity contribution is 0.0862. The van der Waals surface area contributed by atoms with Gasteiger partial charge in [0.1, 0.15) is 0 Å². The Labute approximate surface area is 104 Å². The van der Waals surface area contributed by atoms with Gasteiger partial charge >= 0.3 is 0 Å². The van der Waals surface area contributed by atoms with Crippen LogP contribution >= 0.6 is 0 Å². The maximum atomic E-state index is 12.0. The number of hydrogen-bond donors (Lipinski definition) is 1. The van der Waals surface area contributed by atoms with Crippen molar-refractivity contribution in [2.24, 2.45) is 5.41 Å².